The second-order valence-corrected chi connectivity index (χ2v) is 5.01. The lowest BCUT2D eigenvalue weighted by Gasteiger charge is -2.31. The van der Waals surface area contributed by atoms with E-state index in [4.69, 9.17) is 9.47 Å². The minimum atomic E-state index is -0.617. The summed E-state index contributed by atoms with van der Waals surface area (Å²) in [5.41, 5.74) is -0.617. The molecule has 1 atom stereocenters. The molecule has 0 saturated carbocycles. The predicted octanol–water partition coefficient (Wildman–Crippen LogP) is 2.19. The number of carbonyl (C=O) groups excluding carboxylic acids is 3. The van der Waals surface area contributed by atoms with Gasteiger partial charge in [0.25, 0.3) is 0 Å². The van der Waals surface area contributed by atoms with Crippen LogP contribution in [-0.2, 0) is 23.9 Å². The average molecular weight is 282 g/mol. The first-order chi connectivity index (χ1) is 9.54. The molecule has 1 rings (SSSR count). The molecule has 0 spiro atoms. The molecule has 112 valence electrons. The van der Waals surface area contributed by atoms with E-state index in [1.165, 1.54) is 7.11 Å². The quantitative estimate of drug-likeness (QED) is 0.406. The van der Waals surface area contributed by atoms with Crippen LogP contribution < -0.4 is 0 Å². The number of methoxy groups -OCH3 is 1. The third-order valence-electron chi connectivity index (χ3n) is 3.61. The van der Waals surface area contributed by atoms with E-state index in [0.29, 0.717) is 19.3 Å². The van der Waals surface area contributed by atoms with Crippen molar-refractivity contribution in [1.29, 1.82) is 0 Å². The van der Waals surface area contributed by atoms with Gasteiger partial charge in [-0.05, 0) is 32.6 Å². The zero-order chi connectivity index (χ0) is 15.0. The Morgan fingerprint density at radius 1 is 1.25 bits per heavy atom. The van der Waals surface area contributed by atoms with Gasteiger partial charge in [-0.1, -0.05) is 12.2 Å². The molecule has 0 saturated heterocycles. The molecule has 0 fully saturated rings. The molecule has 0 aromatic heterocycles. The molecule has 1 unspecified atom stereocenters. The van der Waals surface area contributed by atoms with Crippen LogP contribution in [0, 0.1) is 5.41 Å². The summed E-state index contributed by atoms with van der Waals surface area (Å²) >= 11 is 0. The van der Waals surface area contributed by atoms with Gasteiger partial charge in [0.2, 0.25) is 0 Å². The van der Waals surface area contributed by atoms with Crippen LogP contribution in [0.5, 0.6) is 0 Å². The van der Waals surface area contributed by atoms with Crippen LogP contribution >= 0.6 is 0 Å². The Bertz CT molecular complexity index is 399. The topological polar surface area (TPSA) is 69.7 Å². The fourth-order valence-electron chi connectivity index (χ4n) is 2.46. The molecule has 0 aliphatic heterocycles. The van der Waals surface area contributed by atoms with Crippen LogP contribution in [-0.4, -0.2) is 31.4 Å². The zero-order valence-corrected chi connectivity index (χ0v) is 12.1. The van der Waals surface area contributed by atoms with Gasteiger partial charge in [0.05, 0.1) is 19.1 Å². The third-order valence-corrected chi connectivity index (χ3v) is 3.61. The number of allylic oxidation sites excluding steroid dienone is 2. The zero-order valence-electron chi connectivity index (χ0n) is 12.1. The lowest BCUT2D eigenvalue weighted by molar-refractivity contribution is -0.154. The highest BCUT2D eigenvalue weighted by atomic mass is 16.5. The minimum Gasteiger partial charge on any atom is -0.469 e. The van der Waals surface area contributed by atoms with Crippen LogP contribution in [0.2, 0.25) is 0 Å². The maximum atomic E-state index is 12.0. The number of Topliss-reactive ketones (excluding diaryl/α,β-unsaturated/α-hetero) is 1. The molecular weight excluding hydrogens is 260 g/mol. The van der Waals surface area contributed by atoms with Gasteiger partial charge in [0.15, 0.2) is 0 Å². The maximum absolute atomic E-state index is 12.0. The summed E-state index contributed by atoms with van der Waals surface area (Å²) in [5.74, 6) is -0.972. The fourth-order valence-corrected chi connectivity index (χ4v) is 2.46. The van der Waals surface area contributed by atoms with E-state index in [2.05, 4.69) is 0 Å². The Morgan fingerprint density at radius 2 is 2.00 bits per heavy atom. The van der Waals surface area contributed by atoms with Crippen LogP contribution in [0.15, 0.2) is 12.2 Å². The molecule has 0 aromatic rings. The fraction of sp³-hybridized carbons (Fsp3) is 0.667. The van der Waals surface area contributed by atoms with Crippen LogP contribution in [0.1, 0.15) is 45.4 Å². The Labute approximate surface area is 119 Å². The van der Waals surface area contributed by atoms with Crippen LogP contribution in [0.3, 0.4) is 0 Å². The lowest BCUT2D eigenvalue weighted by Crippen LogP contribution is -2.34. The minimum absolute atomic E-state index is 0.193. The molecule has 5 heteroatoms. The standard InChI is InChI=1S/C15H22O5/c1-3-20-13(17)11-12(16)7-10-15(14(18)19-2)8-5-4-6-9-15/h4-5H,3,6-11H2,1-2H3. The third kappa shape index (κ3) is 4.47. The van der Waals surface area contributed by atoms with E-state index < -0.39 is 11.4 Å². The Balaban J connectivity index is 2.55. The second-order valence-electron chi connectivity index (χ2n) is 5.01. The monoisotopic (exact) mass is 282 g/mol. The Hall–Kier alpha value is -1.65. The molecule has 1 aliphatic carbocycles. The number of rotatable bonds is 7. The second kappa shape index (κ2) is 7.82. The molecule has 0 radical (unpaired) electrons. The van der Waals surface area contributed by atoms with Gasteiger partial charge in [-0.25, -0.2) is 0 Å². The van der Waals surface area contributed by atoms with Gasteiger partial charge in [-0.3, -0.25) is 14.4 Å². The largest absolute Gasteiger partial charge is 0.469 e. The molecule has 0 aromatic carbocycles. The van der Waals surface area contributed by atoms with Crippen molar-refractivity contribution in [3.05, 3.63) is 12.2 Å². The van der Waals surface area contributed by atoms with Gasteiger partial charge < -0.3 is 9.47 Å². The maximum Gasteiger partial charge on any atom is 0.313 e. The van der Waals surface area contributed by atoms with Crippen molar-refractivity contribution < 1.29 is 23.9 Å². The van der Waals surface area contributed by atoms with Gasteiger partial charge in [-0.2, -0.15) is 0 Å². The average Bonchev–Trinajstić information content (AvgIpc) is 2.45. The van der Waals surface area contributed by atoms with Crippen molar-refractivity contribution in [3.63, 3.8) is 0 Å². The first kappa shape index (κ1) is 16.4. The van der Waals surface area contributed by atoms with E-state index in [0.717, 1.165) is 6.42 Å². The molecule has 20 heavy (non-hydrogen) atoms. The van der Waals surface area contributed by atoms with E-state index in [-0.39, 0.29) is 31.2 Å². The molecule has 0 heterocycles. The van der Waals surface area contributed by atoms with Crippen molar-refractivity contribution in [2.75, 3.05) is 13.7 Å². The number of ether oxygens (including phenoxy) is 2. The highest BCUT2D eigenvalue weighted by Crippen LogP contribution is 2.38. The normalized spacial score (nSPS) is 21.3. The Morgan fingerprint density at radius 3 is 2.55 bits per heavy atom. The summed E-state index contributed by atoms with van der Waals surface area (Å²) in [5, 5.41) is 0. The van der Waals surface area contributed by atoms with Crippen LogP contribution in [0.25, 0.3) is 0 Å². The number of esters is 2. The molecule has 5 nitrogen and oxygen atoms in total. The van der Waals surface area contributed by atoms with Gasteiger partial charge >= 0.3 is 11.9 Å². The SMILES string of the molecule is CCOC(=O)CC(=O)CCC1(C(=O)OC)CC=CCC1. The van der Waals surface area contributed by atoms with E-state index in [1.807, 2.05) is 12.2 Å². The van der Waals surface area contributed by atoms with Gasteiger partial charge in [-0.15, -0.1) is 0 Å². The van der Waals surface area contributed by atoms with Crippen molar-refractivity contribution in [2.45, 2.75) is 45.4 Å². The number of hydrogen-bond acceptors (Lipinski definition) is 5. The molecule has 0 N–H and O–H groups in total. The summed E-state index contributed by atoms with van der Waals surface area (Å²) < 4.78 is 9.60. The summed E-state index contributed by atoms with van der Waals surface area (Å²) in [7, 11) is 1.36. The van der Waals surface area contributed by atoms with E-state index >= 15 is 0 Å². The first-order valence-corrected chi connectivity index (χ1v) is 6.95. The van der Waals surface area contributed by atoms with Crippen molar-refractivity contribution in [2.24, 2.45) is 5.41 Å². The van der Waals surface area contributed by atoms with Crippen molar-refractivity contribution in [3.8, 4) is 0 Å². The van der Waals surface area contributed by atoms with E-state index in [1.54, 1.807) is 6.92 Å². The molecular formula is C15H22O5. The number of carbonyl (C=O) groups is 3. The number of hydrogen-bond donors (Lipinski definition) is 0. The molecule has 0 bridgehead atoms. The molecule has 0 amide bonds. The van der Waals surface area contributed by atoms with E-state index in [9.17, 15) is 14.4 Å². The number of ketones is 1. The highest BCUT2D eigenvalue weighted by molar-refractivity contribution is 5.95. The van der Waals surface area contributed by atoms with Gasteiger partial charge in [0.1, 0.15) is 12.2 Å². The first-order valence-electron chi connectivity index (χ1n) is 6.95. The summed E-state index contributed by atoms with van der Waals surface area (Å²) in [6, 6.07) is 0. The summed E-state index contributed by atoms with van der Waals surface area (Å²) in [4.78, 5) is 34.9. The van der Waals surface area contributed by atoms with Gasteiger partial charge in [0, 0.05) is 6.42 Å². The highest BCUT2D eigenvalue weighted by Gasteiger charge is 2.39. The summed E-state index contributed by atoms with van der Waals surface area (Å²) in [6.07, 6.45) is 6.46. The smallest absolute Gasteiger partial charge is 0.313 e. The van der Waals surface area contributed by atoms with Crippen molar-refractivity contribution >= 4 is 17.7 Å². The molecule has 1 aliphatic rings. The summed E-state index contributed by atoms with van der Waals surface area (Å²) in [6.45, 7) is 1.96. The predicted molar refractivity (Wildman–Crippen MR) is 72.9 cm³/mol. The lowest BCUT2D eigenvalue weighted by atomic mass is 9.73. The van der Waals surface area contributed by atoms with Crippen molar-refractivity contribution in [1.82, 2.24) is 0 Å². The Kier molecular flexibility index (Phi) is 6.42. The van der Waals surface area contributed by atoms with Crippen LogP contribution in [0.4, 0.5) is 0 Å².